The first-order valence-electron chi connectivity index (χ1n) is 4.55. The molecule has 0 aromatic heterocycles. The molecule has 0 spiro atoms. The second kappa shape index (κ2) is 4.55. The number of nitrogen functional groups attached to an aromatic ring is 1. The number of amidine groups is 1. The fourth-order valence-electron chi connectivity index (χ4n) is 1.28. The summed E-state index contributed by atoms with van der Waals surface area (Å²) in [6, 6.07) is 5.84. The third-order valence-electron chi connectivity index (χ3n) is 2.13. The van der Waals surface area contributed by atoms with Crippen LogP contribution < -0.4 is 5.73 Å². The third-order valence-corrected chi connectivity index (χ3v) is 3.84. The van der Waals surface area contributed by atoms with Gasteiger partial charge in [0.1, 0.15) is 5.84 Å². The molecule has 2 rings (SSSR count). The monoisotopic (exact) mass is 286 g/mol. The molecule has 15 heavy (non-hydrogen) atoms. The lowest BCUT2D eigenvalue weighted by Crippen LogP contribution is -2.30. The lowest BCUT2D eigenvalue weighted by Gasteiger charge is -2.26. The maximum atomic E-state index is 7.50. The van der Waals surface area contributed by atoms with Gasteiger partial charge in [-0.05, 0) is 18.2 Å². The Morgan fingerprint density at radius 1 is 1.53 bits per heavy atom. The SMILES string of the molecule is N=C(N)c1cc(Br)ccc1SC1COC1. The lowest BCUT2D eigenvalue weighted by molar-refractivity contribution is 0.0455. The summed E-state index contributed by atoms with van der Waals surface area (Å²) < 4.78 is 6.06. The molecule has 0 radical (unpaired) electrons. The Morgan fingerprint density at radius 3 is 2.80 bits per heavy atom. The summed E-state index contributed by atoms with van der Waals surface area (Å²) in [6.45, 7) is 1.58. The molecule has 0 atom stereocenters. The summed E-state index contributed by atoms with van der Waals surface area (Å²) >= 11 is 5.10. The van der Waals surface area contributed by atoms with Crippen molar-refractivity contribution in [3.05, 3.63) is 28.2 Å². The highest BCUT2D eigenvalue weighted by Gasteiger charge is 2.21. The number of halogens is 1. The third kappa shape index (κ3) is 2.53. The second-order valence-electron chi connectivity index (χ2n) is 3.33. The van der Waals surface area contributed by atoms with Gasteiger partial charge in [0.25, 0.3) is 0 Å². The number of hydrogen-bond donors (Lipinski definition) is 2. The largest absolute Gasteiger partial charge is 0.384 e. The Kier molecular flexibility index (Phi) is 3.33. The Balaban J connectivity index is 2.23. The van der Waals surface area contributed by atoms with Gasteiger partial charge in [0.2, 0.25) is 0 Å². The van der Waals surface area contributed by atoms with Crippen LogP contribution in [0.4, 0.5) is 0 Å². The van der Waals surface area contributed by atoms with Gasteiger partial charge in [-0.2, -0.15) is 0 Å². The highest BCUT2D eigenvalue weighted by molar-refractivity contribution is 9.10. The fourth-order valence-corrected chi connectivity index (χ4v) is 2.77. The van der Waals surface area contributed by atoms with Crippen LogP contribution >= 0.6 is 27.7 Å². The van der Waals surface area contributed by atoms with Gasteiger partial charge in [0, 0.05) is 14.9 Å². The topological polar surface area (TPSA) is 59.1 Å². The zero-order valence-corrected chi connectivity index (χ0v) is 10.4. The first kappa shape index (κ1) is 11.0. The van der Waals surface area contributed by atoms with Crippen molar-refractivity contribution in [1.29, 1.82) is 5.41 Å². The van der Waals surface area contributed by atoms with Crippen LogP contribution in [-0.2, 0) is 4.74 Å². The molecule has 0 amide bonds. The van der Waals surface area contributed by atoms with Gasteiger partial charge in [-0.1, -0.05) is 15.9 Å². The molecule has 0 unspecified atom stereocenters. The Hall–Kier alpha value is -0.520. The Labute approximate surface area is 101 Å². The number of ether oxygens (including phenoxy) is 1. The van der Waals surface area contributed by atoms with Crippen molar-refractivity contribution in [2.45, 2.75) is 10.1 Å². The van der Waals surface area contributed by atoms with Crippen molar-refractivity contribution in [3.8, 4) is 0 Å². The molecule has 0 bridgehead atoms. The van der Waals surface area contributed by atoms with E-state index in [2.05, 4.69) is 15.9 Å². The molecule has 1 saturated heterocycles. The lowest BCUT2D eigenvalue weighted by atomic mass is 10.2. The molecule has 0 saturated carbocycles. The summed E-state index contributed by atoms with van der Waals surface area (Å²) in [5.74, 6) is 0.110. The first-order valence-corrected chi connectivity index (χ1v) is 6.22. The summed E-state index contributed by atoms with van der Waals surface area (Å²) in [4.78, 5) is 1.05. The normalized spacial score (nSPS) is 16.1. The van der Waals surface area contributed by atoms with Gasteiger partial charge in [-0.25, -0.2) is 0 Å². The Bertz CT molecular complexity index is 393. The summed E-state index contributed by atoms with van der Waals surface area (Å²) in [5, 5.41) is 8.01. The predicted octanol–water partition coefficient (Wildman–Crippen LogP) is 2.22. The van der Waals surface area contributed by atoms with Crippen LogP contribution in [0, 0.1) is 5.41 Å². The molecule has 3 N–H and O–H groups in total. The van der Waals surface area contributed by atoms with E-state index >= 15 is 0 Å². The van der Waals surface area contributed by atoms with Crippen molar-refractivity contribution in [3.63, 3.8) is 0 Å². The van der Waals surface area contributed by atoms with Crippen LogP contribution in [-0.4, -0.2) is 24.3 Å². The summed E-state index contributed by atoms with van der Waals surface area (Å²) in [6.07, 6.45) is 0. The number of nitrogens with two attached hydrogens (primary N) is 1. The van der Waals surface area contributed by atoms with Gasteiger partial charge in [-0.3, -0.25) is 5.41 Å². The molecule has 3 nitrogen and oxygen atoms in total. The standard InChI is InChI=1S/C10H11BrN2OS/c11-6-1-2-9(8(3-6)10(12)13)15-7-4-14-5-7/h1-3,7H,4-5H2,(H3,12,13). The molecule has 5 heteroatoms. The minimum absolute atomic E-state index is 0.110. The van der Waals surface area contributed by atoms with E-state index in [0.717, 1.165) is 28.1 Å². The van der Waals surface area contributed by atoms with Crippen LogP contribution in [0.25, 0.3) is 0 Å². The van der Waals surface area contributed by atoms with E-state index in [1.54, 1.807) is 11.8 Å². The highest BCUT2D eigenvalue weighted by Crippen LogP contribution is 2.31. The van der Waals surface area contributed by atoms with E-state index < -0.39 is 0 Å². The molecular formula is C10H11BrN2OS. The van der Waals surface area contributed by atoms with Gasteiger partial charge < -0.3 is 10.5 Å². The fraction of sp³-hybridized carbons (Fsp3) is 0.300. The molecule has 1 aromatic rings. The minimum Gasteiger partial charge on any atom is -0.384 e. The minimum atomic E-state index is 0.110. The summed E-state index contributed by atoms with van der Waals surface area (Å²) in [5.41, 5.74) is 6.33. The van der Waals surface area contributed by atoms with Crippen molar-refractivity contribution >= 4 is 33.5 Å². The average Bonchev–Trinajstić information content (AvgIpc) is 2.12. The molecule has 1 heterocycles. The van der Waals surface area contributed by atoms with Gasteiger partial charge in [0.15, 0.2) is 0 Å². The van der Waals surface area contributed by atoms with Crippen LogP contribution in [0.15, 0.2) is 27.6 Å². The number of benzene rings is 1. The maximum Gasteiger partial charge on any atom is 0.123 e. The maximum absolute atomic E-state index is 7.50. The van der Waals surface area contributed by atoms with Crippen molar-refractivity contribution < 1.29 is 4.74 Å². The quantitative estimate of drug-likeness (QED) is 0.662. The number of rotatable bonds is 3. The average molecular weight is 287 g/mol. The van der Waals surface area contributed by atoms with E-state index in [0.29, 0.717) is 5.25 Å². The zero-order valence-electron chi connectivity index (χ0n) is 8.00. The number of nitrogens with one attached hydrogen (secondary N) is 1. The first-order chi connectivity index (χ1) is 7.16. The van der Waals surface area contributed by atoms with Crippen molar-refractivity contribution in [2.24, 2.45) is 5.73 Å². The van der Waals surface area contributed by atoms with Gasteiger partial charge >= 0.3 is 0 Å². The van der Waals surface area contributed by atoms with Crippen molar-refractivity contribution in [1.82, 2.24) is 0 Å². The molecule has 1 aromatic carbocycles. The van der Waals surface area contributed by atoms with Crippen LogP contribution in [0.1, 0.15) is 5.56 Å². The van der Waals surface area contributed by atoms with E-state index in [1.807, 2.05) is 18.2 Å². The van der Waals surface area contributed by atoms with E-state index in [4.69, 9.17) is 15.9 Å². The van der Waals surface area contributed by atoms with Gasteiger partial charge in [0.05, 0.1) is 18.5 Å². The molecule has 1 fully saturated rings. The second-order valence-corrected chi connectivity index (χ2v) is 5.59. The molecule has 0 aliphatic carbocycles. The molecule has 80 valence electrons. The number of thioether (sulfide) groups is 1. The molecule has 1 aliphatic heterocycles. The Morgan fingerprint density at radius 2 is 2.27 bits per heavy atom. The molecular weight excluding hydrogens is 276 g/mol. The van der Waals surface area contributed by atoms with E-state index in [9.17, 15) is 0 Å². The zero-order chi connectivity index (χ0) is 10.8. The van der Waals surface area contributed by atoms with Crippen LogP contribution in [0.2, 0.25) is 0 Å². The number of hydrogen-bond acceptors (Lipinski definition) is 3. The smallest absolute Gasteiger partial charge is 0.123 e. The highest BCUT2D eigenvalue weighted by atomic mass is 79.9. The predicted molar refractivity (Wildman–Crippen MR) is 65.6 cm³/mol. The van der Waals surface area contributed by atoms with E-state index in [1.165, 1.54) is 0 Å². The van der Waals surface area contributed by atoms with E-state index in [-0.39, 0.29) is 5.84 Å². The van der Waals surface area contributed by atoms with Crippen LogP contribution in [0.3, 0.4) is 0 Å². The van der Waals surface area contributed by atoms with Gasteiger partial charge in [-0.15, -0.1) is 11.8 Å². The summed E-state index contributed by atoms with van der Waals surface area (Å²) in [7, 11) is 0. The van der Waals surface area contributed by atoms with Crippen molar-refractivity contribution in [2.75, 3.05) is 13.2 Å². The molecule has 1 aliphatic rings. The van der Waals surface area contributed by atoms with Crippen LogP contribution in [0.5, 0.6) is 0 Å².